The maximum Gasteiger partial charge on any atom is 0.122 e. The summed E-state index contributed by atoms with van der Waals surface area (Å²) in [6.07, 6.45) is 4.06. The maximum absolute atomic E-state index is 10.4. The highest BCUT2D eigenvalue weighted by atomic mass is 16.5. The molecule has 3 N–H and O–H groups in total. The molecule has 0 bridgehead atoms. The molecule has 158 valence electrons. The zero-order chi connectivity index (χ0) is 20.3. The Balaban J connectivity index is 1.74. The van der Waals surface area contributed by atoms with Crippen molar-refractivity contribution in [2.75, 3.05) is 7.11 Å². The first-order chi connectivity index (χ1) is 13.4. The van der Waals surface area contributed by atoms with Crippen LogP contribution in [0.15, 0.2) is 18.2 Å². The lowest BCUT2D eigenvalue weighted by molar-refractivity contribution is -0.219. The van der Waals surface area contributed by atoms with Gasteiger partial charge in [-0.2, -0.15) is 0 Å². The predicted octanol–water partition coefficient (Wildman–Crippen LogP) is 3.39. The van der Waals surface area contributed by atoms with E-state index in [-0.39, 0.29) is 0 Å². The van der Waals surface area contributed by atoms with Crippen molar-refractivity contribution >= 4 is 0 Å². The summed E-state index contributed by atoms with van der Waals surface area (Å²) in [6, 6.07) is 5.85. The number of ether oxygens (including phenoxy) is 2. The lowest BCUT2D eigenvalue weighted by Crippen LogP contribution is -2.53. The highest BCUT2D eigenvalue weighted by Gasteiger charge is 2.42. The van der Waals surface area contributed by atoms with Crippen LogP contribution in [0.1, 0.15) is 69.6 Å². The molecule has 2 fully saturated rings. The molecule has 1 saturated heterocycles. The van der Waals surface area contributed by atoms with E-state index >= 15 is 0 Å². The number of benzene rings is 1. The second kappa shape index (κ2) is 9.57. The Kier molecular flexibility index (Phi) is 7.37. The monoisotopic (exact) mass is 392 g/mol. The number of hydrogen-bond acceptors (Lipinski definition) is 5. The molecule has 0 radical (unpaired) electrons. The minimum atomic E-state index is -1.21. The summed E-state index contributed by atoms with van der Waals surface area (Å²) in [5.74, 6) is 2.40. The highest BCUT2D eigenvalue weighted by Crippen LogP contribution is 2.38. The summed E-state index contributed by atoms with van der Waals surface area (Å²) < 4.78 is 11.4. The molecule has 28 heavy (non-hydrogen) atoms. The van der Waals surface area contributed by atoms with Gasteiger partial charge in [-0.1, -0.05) is 38.7 Å². The molecule has 1 aromatic rings. The summed E-state index contributed by atoms with van der Waals surface area (Å²) in [6.45, 7) is 3.98. The van der Waals surface area contributed by atoms with Crippen LogP contribution in [0.5, 0.6) is 5.75 Å². The second-order valence-corrected chi connectivity index (χ2v) is 8.68. The average molecular weight is 393 g/mol. The molecule has 1 saturated carbocycles. The number of hydrogen-bond donors (Lipinski definition) is 3. The van der Waals surface area contributed by atoms with Crippen molar-refractivity contribution < 1.29 is 24.8 Å². The Morgan fingerprint density at radius 1 is 1.00 bits per heavy atom. The minimum Gasteiger partial charge on any atom is -0.496 e. The fraction of sp³-hybridized carbons (Fsp3) is 0.739. The van der Waals surface area contributed by atoms with Crippen LogP contribution >= 0.6 is 0 Å². The zero-order valence-electron chi connectivity index (χ0n) is 17.4. The van der Waals surface area contributed by atoms with Crippen LogP contribution in [0.3, 0.4) is 0 Å². The van der Waals surface area contributed by atoms with Crippen LogP contribution in [-0.2, 0) is 11.2 Å². The van der Waals surface area contributed by atoms with Crippen molar-refractivity contribution in [1.82, 2.24) is 0 Å². The first kappa shape index (κ1) is 21.6. The van der Waals surface area contributed by atoms with Crippen LogP contribution in [0.25, 0.3) is 0 Å². The molecule has 2 aliphatic rings. The van der Waals surface area contributed by atoms with Gasteiger partial charge < -0.3 is 24.8 Å². The smallest absolute Gasteiger partial charge is 0.122 e. The van der Waals surface area contributed by atoms with E-state index in [0.29, 0.717) is 5.92 Å². The van der Waals surface area contributed by atoms with Crippen LogP contribution < -0.4 is 4.74 Å². The zero-order valence-corrected chi connectivity index (χ0v) is 17.4. The molecule has 1 aromatic carbocycles. The number of aliphatic hydroxyl groups excluding tert-OH is 3. The molecule has 3 rings (SSSR count). The van der Waals surface area contributed by atoms with Crippen LogP contribution in [0.2, 0.25) is 0 Å². The maximum atomic E-state index is 10.4. The number of methoxy groups -OCH3 is 1. The van der Waals surface area contributed by atoms with Gasteiger partial charge in [0.1, 0.15) is 30.2 Å². The van der Waals surface area contributed by atoms with E-state index in [4.69, 9.17) is 9.47 Å². The highest BCUT2D eigenvalue weighted by molar-refractivity contribution is 5.39. The Morgan fingerprint density at radius 3 is 2.32 bits per heavy atom. The van der Waals surface area contributed by atoms with E-state index in [9.17, 15) is 15.3 Å². The number of rotatable bonds is 6. The lowest BCUT2D eigenvalue weighted by atomic mass is 9.77. The average Bonchev–Trinajstić information content (AvgIpc) is 2.71. The Hall–Kier alpha value is -1.14. The van der Waals surface area contributed by atoms with Gasteiger partial charge in [0.15, 0.2) is 0 Å². The molecule has 0 unspecified atom stereocenters. The Morgan fingerprint density at radius 2 is 1.68 bits per heavy atom. The summed E-state index contributed by atoms with van der Waals surface area (Å²) in [7, 11) is 1.69. The van der Waals surface area contributed by atoms with Gasteiger partial charge in [-0.3, -0.25) is 0 Å². The summed E-state index contributed by atoms with van der Waals surface area (Å²) >= 11 is 0. The van der Waals surface area contributed by atoms with Crippen LogP contribution in [-0.4, -0.2) is 46.8 Å². The summed E-state index contributed by atoms with van der Waals surface area (Å²) in [5.41, 5.74) is 1.95. The Bertz CT molecular complexity index is 625. The van der Waals surface area contributed by atoms with E-state index < -0.39 is 30.5 Å². The predicted molar refractivity (Wildman–Crippen MR) is 108 cm³/mol. The van der Waals surface area contributed by atoms with E-state index in [2.05, 4.69) is 6.92 Å². The molecular formula is C23H36O5. The lowest BCUT2D eigenvalue weighted by Gasteiger charge is -2.39. The van der Waals surface area contributed by atoms with Crippen LogP contribution in [0.4, 0.5) is 0 Å². The minimum absolute atomic E-state index is 0.539. The summed E-state index contributed by atoms with van der Waals surface area (Å²) in [5, 5.41) is 30.5. The SMILES string of the molecule is CCC[C@H]1CC[C@H](Cc2cc([C@@H]3O[C@H](C)[C@@H](O)[C@H](O)[C@H]3O)ccc2OC)CC1. The number of aliphatic hydroxyl groups is 3. The molecule has 1 aliphatic heterocycles. The van der Waals surface area contributed by atoms with E-state index in [0.717, 1.165) is 29.2 Å². The van der Waals surface area contributed by atoms with Gasteiger partial charge in [-0.15, -0.1) is 0 Å². The topological polar surface area (TPSA) is 79.2 Å². The van der Waals surface area contributed by atoms with Gasteiger partial charge >= 0.3 is 0 Å². The third-order valence-corrected chi connectivity index (χ3v) is 6.66. The second-order valence-electron chi connectivity index (χ2n) is 8.68. The fourth-order valence-electron chi connectivity index (χ4n) is 4.91. The summed E-state index contributed by atoms with van der Waals surface area (Å²) in [4.78, 5) is 0. The molecular weight excluding hydrogens is 356 g/mol. The molecule has 5 heteroatoms. The van der Waals surface area contributed by atoms with Gasteiger partial charge in [0, 0.05) is 0 Å². The van der Waals surface area contributed by atoms with Crippen molar-refractivity contribution in [1.29, 1.82) is 0 Å². The molecule has 5 atom stereocenters. The molecule has 5 nitrogen and oxygen atoms in total. The third-order valence-electron chi connectivity index (χ3n) is 6.66. The quantitative estimate of drug-likeness (QED) is 0.692. The van der Waals surface area contributed by atoms with Crippen molar-refractivity contribution in [3.05, 3.63) is 29.3 Å². The normalized spacial score (nSPS) is 36.3. The van der Waals surface area contributed by atoms with Gasteiger partial charge in [0.2, 0.25) is 0 Å². The Labute approximate surface area is 168 Å². The van der Waals surface area contributed by atoms with Gasteiger partial charge in [0.05, 0.1) is 13.2 Å². The van der Waals surface area contributed by atoms with Crippen molar-refractivity contribution in [3.63, 3.8) is 0 Å². The van der Waals surface area contributed by atoms with Crippen molar-refractivity contribution in [2.24, 2.45) is 11.8 Å². The standard InChI is InChI=1S/C23H36O5/c1-4-5-15-6-8-16(9-7-15)12-18-13-17(10-11-19(18)27-3)23-22(26)21(25)20(24)14(2)28-23/h10-11,13-16,20-26H,4-9,12H2,1-3H3/t14-,15-,16-,20-,21+,22-,23+/m1/s1. The van der Waals surface area contributed by atoms with E-state index in [1.165, 1.54) is 38.5 Å². The fourth-order valence-corrected chi connectivity index (χ4v) is 4.91. The van der Waals surface area contributed by atoms with Gasteiger partial charge in [0.25, 0.3) is 0 Å². The van der Waals surface area contributed by atoms with Crippen molar-refractivity contribution in [2.45, 2.75) is 89.3 Å². The van der Waals surface area contributed by atoms with Crippen molar-refractivity contribution in [3.8, 4) is 5.75 Å². The molecule has 1 aliphatic carbocycles. The van der Waals surface area contributed by atoms with Crippen LogP contribution in [0, 0.1) is 11.8 Å². The van der Waals surface area contributed by atoms with Gasteiger partial charge in [-0.05, 0) is 61.3 Å². The molecule has 0 spiro atoms. The largest absolute Gasteiger partial charge is 0.496 e. The van der Waals surface area contributed by atoms with Gasteiger partial charge in [-0.25, -0.2) is 0 Å². The first-order valence-electron chi connectivity index (χ1n) is 10.8. The third kappa shape index (κ3) is 4.70. The molecule has 1 heterocycles. The molecule has 0 aromatic heterocycles. The van der Waals surface area contributed by atoms with E-state index in [1.807, 2.05) is 18.2 Å². The van der Waals surface area contributed by atoms with E-state index in [1.54, 1.807) is 14.0 Å². The first-order valence-corrected chi connectivity index (χ1v) is 10.8. The molecule has 0 amide bonds.